The fourth-order valence-electron chi connectivity index (χ4n) is 1.90. The van der Waals surface area contributed by atoms with Crippen LogP contribution in [0.15, 0.2) is 18.2 Å². The van der Waals surface area contributed by atoms with E-state index in [1.54, 1.807) is 18.0 Å². The number of benzene rings is 1. The van der Waals surface area contributed by atoms with Gasteiger partial charge < -0.3 is 10.2 Å². The van der Waals surface area contributed by atoms with E-state index in [9.17, 15) is 9.18 Å². The average molecular weight is 222 g/mol. The van der Waals surface area contributed by atoms with Crippen LogP contribution in [0.3, 0.4) is 0 Å². The molecule has 0 spiro atoms. The number of fused-ring (bicyclic) bond motifs is 1. The van der Waals surface area contributed by atoms with E-state index in [-0.39, 0.29) is 11.7 Å². The smallest absolute Gasteiger partial charge is 0.234 e. The largest absolute Gasteiger partial charge is 0.382 e. The van der Waals surface area contributed by atoms with Crippen LogP contribution in [0.5, 0.6) is 0 Å². The Bertz CT molecular complexity index is 443. The van der Waals surface area contributed by atoms with Crippen molar-refractivity contribution in [2.75, 3.05) is 23.8 Å². The number of carbonyl (C=O) groups is 1. The predicted octanol–water partition coefficient (Wildman–Crippen LogP) is 2.24. The number of amides is 1. The average Bonchev–Trinajstić information content (AvgIpc) is 2.31. The molecule has 1 aromatic rings. The third-order valence-corrected chi connectivity index (χ3v) is 2.92. The zero-order chi connectivity index (χ0) is 11.9. The number of halogens is 1. The van der Waals surface area contributed by atoms with Crippen LogP contribution in [0.2, 0.25) is 0 Å². The van der Waals surface area contributed by atoms with Gasteiger partial charge in [0, 0.05) is 13.6 Å². The molecule has 1 amide bonds. The van der Waals surface area contributed by atoms with Crippen LogP contribution in [0.4, 0.5) is 15.8 Å². The molecule has 1 aliphatic rings. The fourth-order valence-corrected chi connectivity index (χ4v) is 1.90. The minimum Gasteiger partial charge on any atom is -0.382 e. The maximum absolute atomic E-state index is 13.1. The molecule has 0 aromatic heterocycles. The second kappa shape index (κ2) is 3.47. The number of anilines is 2. The molecule has 1 aliphatic heterocycles. The second-order valence-corrected chi connectivity index (χ2v) is 4.76. The molecule has 0 fully saturated rings. The highest BCUT2D eigenvalue weighted by molar-refractivity contribution is 6.01. The number of carbonyl (C=O) groups excluding carboxylic acids is 1. The lowest BCUT2D eigenvalue weighted by Gasteiger charge is -2.25. The fraction of sp³-hybridized carbons (Fsp3) is 0.417. The first-order valence-electron chi connectivity index (χ1n) is 5.23. The molecule has 4 heteroatoms. The maximum Gasteiger partial charge on any atom is 0.234 e. The van der Waals surface area contributed by atoms with E-state index < -0.39 is 5.41 Å². The third-order valence-electron chi connectivity index (χ3n) is 2.92. The highest BCUT2D eigenvalue weighted by Gasteiger charge is 2.34. The minimum absolute atomic E-state index is 0.0327. The van der Waals surface area contributed by atoms with Crippen LogP contribution in [0, 0.1) is 11.2 Å². The van der Waals surface area contributed by atoms with Gasteiger partial charge in [0.15, 0.2) is 0 Å². The summed E-state index contributed by atoms with van der Waals surface area (Å²) >= 11 is 0. The van der Waals surface area contributed by atoms with Gasteiger partial charge in [-0.15, -0.1) is 0 Å². The molecule has 2 rings (SSSR count). The number of nitrogens with zero attached hydrogens (tertiary/aromatic N) is 1. The molecule has 0 unspecified atom stereocenters. The van der Waals surface area contributed by atoms with E-state index in [1.165, 1.54) is 12.1 Å². The normalized spacial score (nSPS) is 18.8. The molecular weight excluding hydrogens is 207 g/mol. The summed E-state index contributed by atoms with van der Waals surface area (Å²) in [5, 5.41) is 3.11. The lowest BCUT2D eigenvalue weighted by Crippen LogP contribution is -2.40. The number of rotatable bonds is 0. The Kier molecular flexibility index (Phi) is 2.37. The minimum atomic E-state index is -0.482. The summed E-state index contributed by atoms with van der Waals surface area (Å²) in [6.07, 6.45) is 0. The summed E-state index contributed by atoms with van der Waals surface area (Å²) in [7, 11) is 1.72. The first kappa shape index (κ1) is 10.9. The first-order chi connectivity index (χ1) is 7.42. The third kappa shape index (κ3) is 1.64. The van der Waals surface area contributed by atoms with Gasteiger partial charge in [-0.2, -0.15) is 0 Å². The number of hydrogen-bond donors (Lipinski definition) is 1. The molecule has 0 bridgehead atoms. The van der Waals surface area contributed by atoms with Gasteiger partial charge in [-0.05, 0) is 32.0 Å². The van der Waals surface area contributed by atoms with Gasteiger partial charge >= 0.3 is 0 Å². The lowest BCUT2D eigenvalue weighted by atomic mass is 9.92. The van der Waals surface area contributed by atoms with E-state index in [2.05, 4.69) is 5.32 Å². The van der Waals surface area contributed by atoms with Crippen LogP contribution in [0.1, 0.15) is 13.8 Å². The molecule has 0 radical (unpaired) electrons. The summed E-state index contributed by atoms with van der Waals surface area (Å²) in [5.41, 5.74) is 0.906. The standard InChI is InChI=1S/C12H15FN2O/c1-12(2)7-14-9-6-8(13)4-5-10(9)15(3)11(12)16/h4-6,14H,7H2,1-3H3. The van der Waals surface area contributed by atoms with E-state index in [4.69, 9.17) is 0 Å². The van der Waals surface area contributed by atoms with Crippen molar-refractivity contribution in [1.29, 1.82) is 0 Å². The Hall–Kier alpha value is -1.58. The molecule has 16 heavy (non-hydrogen) atoms. The summed E-state index contributed by atoms with van der Waals surface area (Å²) in [6, 6.07) is 4.40. The zero-order valence-electron chi connectivity index (χ0n) is 9.67. The van der Waals surface area contributed by atoms with Crippen molar-refractivity contribution in [3.05, 3.63) is 24.0 Å². The summed E-state index contributed by atoms with van der Waals surface area (Å²) < 4.78 is 13.1. The SMILES string of the molecule is CN1C(=O)C(C)(C)CNc2cc(F)ccc21. The quantitative estimate of drug-likeness (QED) is 0.730. The van der Waals surface area contributed by atoms with Gasteiger partial charge in [-0.3, -0.25) is 4.79 Å². The van der Waals surface area contributed by atoms with Crippen LogP contribution in [0.25, 0.3) is 0 Å². The number of nitrogens with one attached hydrogen (secondary N) is 1. The van der Waals surface area contributed by atoms with Gasteiger partial charge in [0.25, 0.3) is 0 Å². The van der Waals surface area contributed by atoms with E-state index >= 15 is 0 Å². The molecule has 0 aliphatic carbocycles. The van der Waals surface area contributed by atoms with Crippen molar-refractivity contribution in [2.24, 2.45) is 5.41 Å². The predicted molar refractivity (Wildman–Crippen MR) is 62.1 cm³/mol. The van der Waals surface area contributed by atoms with Crippen LogP contribution in [-0.2, 0) is 4.79 Å². The zero-order valence-corrected chi connectivity index (χ0v) is 9.67. The van der Waals surface area contributed by atoms with Crippen molar-refractivity contribution in [3.8, 4) is 0 Å². The monoisotopic (exact) mass is 222 g/mol. The molecule has 1 aromatic carbocycles. The first-order valence-corrected chi connectivity index (χ1v) is 5.23. The Balaban J connectivity index is 2.50. The van der Waals surface area contributed by atoms with Gasteiger partial charge in [-0.25, -0.2) is 4.39 Å². The van der Waals surface area contributed by atoms with Crippen molar-refractivity contribution >= 4 is 17.3 Å². The molecule has 0 saturated carbocycles. The summed E-state index contributed by atoms with van der Waals surface area (Å²) in [4.78, 5) is 13.7. The summed E-state index contributed by atoms with van der Waals surface area (Å²) in [5.74, 6) is -0.267. The highest BCUT2D eigenvalue weighted by Crippen LogP contribution is 2.33. The Morgan fingerprint density at radius 1 is 1.44 bits per heavy atom. The molecule has 3 nitrogen and oxygen atoms in total. The number of hydrogen-bond acceptors (Lipinski definition) is 2. The molecular formula is C12H15FN2O. The maximum atomic E-state index is 13.1. The summed E-state index contributed by atoms with van der Waals surface area (Å²) in [6.45, 7) is 4.26. The second-order valence-electron chi connectivity index (χ2n) is 4.76. The lowest BCUT2D eigenvalue weighted by molar-refractivity contribution is -0.125. The Morgan fingerprint density at radius 3 is 2.81 bits per heavy atom. The topological polar surface area (TPSA) is 32.3 Å². The van der Waals surface area contributed by atoms with Gasteiger partial charge in [0.2, 0.25) is 5.91 Å². The van der Waals surface area contributed by atoms with Gasteiger partial charge in [0.1, 0.15) is 5.82 Å². The highest BCUT2D eigenvalue weighted by atomic mass is 19.1. The van der Waals surface area contributed by atoms with Crippen LogP contribution >= 0.6 is 0 Å². The van der Waals surface area contributed by atoms with E-state index in [0.717, 1.165) is 5.69 Å². The molecule has 1 N–H and O–H groups in total. The van der Waals surface area contributed by atoms with Crippen molar-refractivity contribution in [1.82, 2.24) is 0 Å². The Labute approximate surface area is 94.3 Å². The van der Waals surface area contributed by atoms with E-state index in [1.807, 2.05) is 13.8 Å². The van der Waals surface area contributed by atoms with E-state index in [0.29, 0.717) is 12.2 Å². The van der Waals surface area contributed by atoms with Crippen molar-refractivity contribution in [3.63, 3.8) is 0 Å². The van der Waals surface area contributed by atoms with Crippen molar-refractivity contribution in [2.45, 2.75) is 13.8 Å². The molecule has 86 valence electrons. The van der Waals surface area contributed by atoms with Crippen LogP contribution < -0.4 is 10.2 Å². The molecule has 0 saturated heterocycles. The molecule has 0 atom stereocenters. The van der Waals surface area contributed by atoms with Crippen molar-refractivity contribution < 1.29 is 9.18 Å². The van der Waals surface area contributed by atoms with Gasteiger partial charge in [-0.1, -0.05) is 0 Å². The molecule has 1 heterocycles. The Morgan fingerprint density at radius 2 is 2.12 bits per heavy atom. The van der Waals surface area contributed by atoms with Gasteiger partial charge in [0.05, 0.1) is 16.8 Å². The van der Waals surface area contributed by atoms with Crippen LogP contribution in [-0.4, -0.2) is 19.5 Å².